The minimum atomic E-state index is 0.471. The predicted octanol–water partition coefficient (Wildman–Crippen LogP) is 5.08. The molecule has 0 radical (unpaired) electrons. The lowest BCUT2D eigenvalue weighted by Crippen LogP contribution is -2.31. The molecule has 5 heterocycles. The number of ether oxygens (including phenoxy) is 1. The van der Waals surface area contributed by atoms with E-state index in [1.54, 1.807) is 16.2 Å². The third kappa shape index (κ3) is 4.06. The molecule has 4 aromatic heterocycles. The van der Waals surface area contributed by atoms with Gasteiger partial charge in [0, 0.05) is 83.3 Å². The van der Waals surface area contributed by atoms with Gasteiger partial charge in [-0.2, -0.15) is 5.10 Å². The monoisotopic (exact) mass is 546 g/mol. The smallest absolute Gasteiger partial charge is 0.212 e. The van der Waals surface area contributed by atoms with Gasteiger partial charge in [-0.05, 0) is 51.2 Å². The van der Waals surface area contributed by atoms with Crippen molar-refractivity contribution in [3.8, 4) is 28.3 Å². The summed E-state index contributed by atoms with van der Waals surface area (Å²) in [5, 5.41) is 5.99. The van der Waals surface area contributed by atoms with Gasteiger partial charge in [-0.1, -0.05) is 0 Å². The number of hydrogen-bond acceptors (Lipinski definition) is 6. The summed E-state index contributed by atoms with van der Waals surface area (Å²) < 4.78 is 9.42. The number of rotatable bonds is 5. The first-order chi connectivity index (χ1) is 15.2. The van der Waals surface area contributed by atoms with Crippen molar-refractivity contribution in [2.75, 3.05) is 27.2 Å². The Balaban J connectivity index is 1.52. The second kappa shape index (κ2) is 8.79. The first-order valence-corrected chi connectivity index (χ1v) is 13.5. The number of halogens is 1. The van der Waals surface area contributed by atoms with Crippen molar-refractivity contribution in [1.82, 2.24) is 28.6 Å². The molecule has 0 saturated carbocycles. The molecule has 5 rings (SSSR count). The lowest BCUT2D eigenvalue weighted by atomic mass is 10.1. The molecular weight excluding hydrogens is 523 g/mol. The van der Waals surface area contributed by atoms with E-state index in [0.29, 0.717) is 11.9 Å². The zero-order valence-corrected chi connectivity index (χ0v) is 20.4. The highest BCUT2D eigenvalue weighted by Crippen LogP contribution is 2.36. The Morgan fingerprint density at radius 2 is 1.90 bits per heavy atom. The Labute approximate surface area is 197 Å². The molecule has 1 aliphatic rings. The molecule has 9 heteroatoms. The summed E-state index contributed by atoms with van der Waals surface area (Å²) in [6, 6.07) is 8.67. The fourth-order valence-electron chi connectivity index (χ4n) is 4.12. The highest BCUT2D eigenvalue weighted by Gasteiger charge is 2.20. The van der Waals surface area contributed by atoms with Crippen molar-refractivity contribution in [1.29, 1.82) is 0 Å². The van der Waals surface area contributed by atoms with Gasteiger partial charge >= 0.3 is 0 Å². The maximum atomic E-state index is 5.21. The van der Waals surface area contributed by atoms with Gasteiger partial charge in [0.1, 0.15) is 0 Å². The maximum Gasteiger partial charge on any atom is 0.212 e. The summed E-state index contributed by atoms with van der Waals surface area (Å²) >= 11 is 2.28. The average molecular weight is 546 g/mol. The Hall–Kier alpha value is -2.11. The van der Waals surface area contributed by atoms with Crippen LogP contribution in [0.3, 0.4) is 0 Å². The van der Waals surface area contributed by atoms with E-state index in [9.17, 15) is 0 Å². The average Bonchev–Trinajstić information content (AvgIpc) is 3.44. The molecule has 0 N–H and O–H groups in total. The van der Waals surface area contributed by atoms with E-state index < -0.39 is 0 Å². The van der Waals surface area contributed by atoms with Crippen molar-refractivity contribution in [3.63, 3.8) is 0 Å². The fraction of sp³-hybridized carbons (Fsp3) is 0.318. The van der Waals surface area contributed by atoms with Crippen LogP contribution in [0.1, 0.15) is 18.9 Å². The molecule has 0 aliphatic carbocycles. The second-order valence-electron chi connectivity index (χ2n) is 7.84. The van der Waals surface area contributed by atoms with Crippen LogP contribution in [0.15, 0.2) is 49.1 Å². The van der Waals surface area contributed by atoms with Crippen LogP contribution in [0.5, 0.6) is 5.88 Å². The summed E-state index contributed by atoms with van der Waals surface area (Å²) in [5.41, 5.74) is 5.05. The number of aromatic nitrogens is 5. The maximum absolute atomic E-state index is 5.21. The van der Waals surface area contributed by atoms with Crippen LogP contribution in [0, 0.1) is 0 Å². The quantitative estimate of drug-likeness (QED) is 0.326. The van der Waals surface area contributed by atoms with E-state index >= 15 is 0 Å². The first-order valence-electron chi connectivity index (χ1n) is 10.2. The third-order valence-corrected chi connectivity index (χ3v) is 7.61. The zero-order valence-electron chi connectivity index (χ0n) is 17.4. The molecule has 0 bridgehead atoms. The summed E-state index contributed by atoms with van der Waals surface area (Å²) in [7, 11) is 5.41. The van der Waals surface area contributed by atoms with Crippen molar-refractivity contribution < 1.29 is 4.74 Å². The van der Waals surface area contributed by atoms with Gasteiger partial charge in [-0.25, -0.2) is 9.97 Å². The number of piperidine rings is 1. The van der Waals surface area contributed by atoms with Crippen molar-refractivity contribution in [3.05, 3.63) is 49.1 Å². The molecule has 4 aromatic rings. The highest BCUT2D eigenvalue weighted by atomic mass is 127. The Kier molecular flexibility index (Phi) is 5.89. The summed E-state index contributed by atoms with van der Waals surface area (Å²) in [5.74, 6) is 0.606. The standard InChI is InChI=1S/C22H23IN6OS/c1-27-8-5-17(6-9-27)28-10-7-20(26-28)16-11-18-19(14-29(31-23)22(18)25-13-16)15-3-4-21(30-2)24-12-15/h3-4,7,10-14,17H,5-6,8-9H2,1-2H3. The van der Waals surface area contributed by atoms with Crippen LogP contribution >= 0.6 is 30.3 Å². The van der Waals surface area contributed by atoms with Crippen molar-refractivity contribution in [2.24, 2.45) is 0 Å². The van der Waals surface area contributed by atoms with Crippen LogP contribution in [0.2, 0.25) is 0 Å². The molecule has 1 saturated heterocycles. The van der Waals surface area contributed by atoms with Gasteiger partial charge in [0.2, 0.25) is 5.88 Å². The van der Waals surface area contributed by atoms with Crippen LogP contribution in [-0.2, 0) is 0 Å². The van der Waals surface area contributed by atoms with E-state index in [1.807, 2.05) is 24.5 Å². The lowest BCUT2D eigenvalue weighted by molar-refractivity contribution is 0.212. The Bertz CT molecular complexity index is 1200. The molecular formula is C22H23IN6OS. The van der Waals surface area contributed by atoms with Crippen LogP contribution in [0.25, 0.3) is 33.4 Å². The Morgan fingerprint density at radius 3 is 2.61 bits per heavy atom. The van der Waals surface area contributed by atoms with Gasteiger partial charge in [-0.15, -0.1) is 0 Å². The highest BCUT2D eigenvalue weighted by molar-refractivity contribution is 14.2. The SMILES string of the molecule is COc1ccc(-c2cn(SI)c3ncc(-c4ccn(C5CCN(C)CC5)n4)cc23)cn1. The minimum absolute atomic E-state index is 0.471. The van der Waals surface area contributed by atoms with Gasteiger partial charge in [0.25, 0.3) is 0 Å². The van der Waals surface area contributed by atoms with Crippen LogP contribution < -0.4 is 4.74 Å². The number of nitrogens with zero attached hydrogens (tertiary/aromatic N) is 6. The molecule has 1 aliphatic heterocycles. The molecule has 0 spiro atoms. The Morgan fingerprint density at radius 1 is 1.10 bits per heavy atom. The van der Waals surface area contributed by atoms with Crippen LogP contribution in [-0.4, -0.2) is 55.9 Å². The van der Waals surface area contributed by atoms with E-state index in [4.69, 9.17) is 14.8 Å². The fourth-order valence-corrected chi connectivity index (χ4v) is 5.37. The van der Waals surface area contributed by atoms with Gasteiger partial charge in [0.15, 0.2) is 5.65 Å². The van der Waals surface area contributed by atoms with Gasteiger partial charge < -0.3 is 9.64 Å². The molecule has 7 nitrogen and oxygen atoms in total. The lowest BCUT2D eigenvalue weighted by Gasteiger charge is -2.29. The molecule has 0 atom stereocenters. The molecule has 1 fully saturated rings. The van der Waals surface area contributed by atoms with Crippen molar-refractivity contribution in [2.45, 2.75) is 18.9 Å². The van der Waals surface area contributed by atoms with Crippen LogP contribution in [0.4, 0.5) is 0 Å². The van der Waals surface area contributed by atoms with E-state index in [-0.39, 0.29) is 0 Å². The summed E-state index contributed by atoms with van der Waals surface area (Å²) in [6.07, 6.45) is 10.3. The molecule has 31 heavy (non-hydrogen) atoms. The largest absolute Gasteiger partial charge is 0.481 e. The normalized spacial score (nSPS) is 15.6. The number of likely N-dealkylation sites (tertiary alicyclic amines) is 1. The van der Waals surface area contributed by atoms with E-state index in [0.717, 1.165) is 59.3 Å². The van der Waals surface area contributed by atoms with Crippen molar-refractivity contribution >= 4 is 41.4 Å². The van der Waals surface area contributed by atoms with Gasteiger partial charge in [0.05, 0.1) is 18.8 Å². The van der Waals surface area contributed by atoms with E-state index in [1.165, 1.54) is 0 Å². The number of pyridine rings is 2. The molecule has 160 valence electrons. The number of hydrogen-bond donors (Lipinski definition) is 0. The minimum Gasteiger partial charge on any atom is -0.481 e. The summed E-state index contributed by atoms with van der Waals surface area (Å²) in [4.78, 5) is 11.5. The topological polar surface area (TPSA) is 61.0 Å². The zero-order chi connectivity index (χ0) is 21.4. The third-order valence-electron chi connectivity index (χ3n) is 5.91. The molecule has 0 aromatic carbocycles. The number of fused-ring (bicyclic) bond motifs is 1. The van der Waals surface area contributed by atoms with Gasteiger partial charge in [-0.3, -0.25) is 8.65 Å². The molecule has 0 unspecified atom stereocenters. The summed E-state index contributed by atoms with van der Waals surface area (Å²) in [6.45, 7) is 2.24. The second-order valence-corrected chi connectivity index (χ2v) is 9.55. The first kappa shape index (κ1) is 20.8. The van der Waals surface area contributed by atoms with E-state index in [2.05, 4.69) is 71.3 Å². The molecule has 0 amide bonds. The predicted molar refractivity (Wildman–Crippen MR) is 134 cm³/mol. The number of methoxy groups -OCH3 is 1.